The van der Waals surface area contributed by atoms with Gasteiger partial charge in [0, 0.05) is 24.5 Å². The predicted octanol–water partition coefficient (Wildman–Crippen LogP) is 2.91. The number of hydrogen-bond acceptors (Lipinski definition) is 4. The molecule has 1 atom stereocenters. The van der Waals surface area contributed by atoms with Gasteiger partial charge in [0.15, 0.2) is 5.78 Å². The second-order valence-corrected chi connectivity index (χ2v) is 5.56. The van der Waals surface area contributed by atoms with Crippen molar-refractivity contribution in [3.63, 3.8) is 0 Å². The number of hydrogen-bond donors (Lipinski definition) is 1. The fourth-order valence-electron chi connectivity index (χ4n) is 3.03. The summed E-state index contributed by atoms with van der Waals surface area (Å²) in [6, 6.07) is 13.4. The molecule has 114 valence electrons. The molecule has 5 heteroatoms. The summed E-state index contributed by atoms with van der Waals surface area (Å²) in [6.07, 6.45) is 6.17. The van der Waals surface area contributed by atoms with E-state index in [4.69, 9.17) is 0 Å². The van der Waals surface area contributed by atoms with E-state index in [2.05, 4.69) is 15.4 Å². The van der Waals surface area contributed by atoms with Gasteiger partial charge < -0.3 is 5.32 Å². The molecule has 0 bridgehead atoms. The largest absolute Gasteiger partial charge is 0.370 e. The van der Waals surface area contributed by atoms with Crippen LogP contribution in [0.15, 0.2) is 61.1 Å². The van der Waals surface area contributed by atoms with Gasteiger partial charge in [-0.2, -0.15) is 5.10 Å². The van der Waals surface area contributed by atoms with Gasteiger partial charge >= 0.3 is 0 Å². The van der Waals surface area contributed by atoms with Crippen LogP contribution in [0, 0.1) is 0 Å². The minimum absolute atomic E-state index is 0.00488. The molecular formula is C18H16N4O. The number of aromatic nitrogens is 3. The minimum atomic E-state index is -0.00488. The number of nitrogens with one attached hydrogen (secondary N) is 1. The second-order valence-electron chi connectivity index (χ2n) is 5.56. The molecule has 1 aliphatic heterocycles. The lowest BCUT2D eigenvalue weighted by atomic mass is 10.0. The number of carbonyl (C=O) groups is 1. The molecule has 3 heterocycles. The van der Waals surface area contributed by atoms with Crippen LogP contribution in [0.25, 0.3) is 0 Å². The van der Waals surface area contributed by atoms with Crippen LogP contribution in [0.2, 0.25) is 0 Å². The standard InChI is InChI=1S/C18H16N4O/c23-17(14-4-2-1-3-5-14)15-12-21-22-16(8-11-20-18(15)22)13-6-9-19-10-7-13/h1-7,9-10,12,16,20H,8,11H2. The summed E-state index contributed by atoms with van der Waals surface area (Å²) in [4.78, 5) is 16.8. The zero-order valence-electron chi connectivity index (χ0n) is 12.5. The normalized spacial score (nSPS) is 16.4. The Morgan fingerprint density at radius 1 is 1.13 bits per heavy atom. The molecule has 0 saturated heterocycles. The fraction of sp³-hybridized carbons (Fsp3) is 0.167. The van der Waals surface area contributed by atoms with Crippen molar-refractivity contribution >= 4 is 11.6 Å². The Bertz CT molecular complexity index is 827. The van der Waals surface area contributed by atoms with Crippen molar-refractivity contribution in [1.82, 2.24) is 14.8 Å². The van der Waals surface area contributed by atoms with E-state index in [1.165, 1.54) is 0 Å². The van der Waals surface area contributed by atoms with Crippen LogP contribution < -0.4 is 5.32 Å². The van der Waals surface area contributed by atoms with Crippen LogP contribution in [0.4, 0.5) is 5.82 Å². The van der Waals surface area contributed by atoms with Gasteiger partial charge in [0.25, 0.3) is 0 Å². The van der Waals surface area contributed by atoms with Gasteiger partial charge in [-0.05, 0) is 24.1 Å². The van der Waals surface area contributed by atoms with Crippen molar-refractivity contribution in [3.05, 3.63) is 77.7 Å². The molecule has 0 saturated carbocycles. The average molecular weight is 304 g/mol. The molecule has 1 aliphatic rings. The Hall–Kier alpha value is -2.95. The van der Waals surface area contributed by atoms with Crippen LogP contribution in [-0.4, -0.2) is 27.1 Å². The molecule has 4 rings (SSSR count). The first-order valence-corrected chi connectivity index (χ1v) is 7.65. The summed E-state index contributed by atoms with van der Waals surface area (Å²) in [6.45, 7) is 0.813. The van der Waals surface area contributed by atoms with Crippen molar-refractivity contribution in [2.24, 2.45) is 0 Å². The highest BCUT2D eigenvalue weighted by Crippen LogP contribution is 2.31. The SMILES string of the molecule is O=C(c1ccccc1)c1cnn2c1NCCC2c1ccncc1. The number of rotatable bonds is 3. The predicted molar refractivity (Wildman–Crippen MR) is 87.6 cm³/mol. The fourth-order valence-corrected chi connectivity index (χ4v) is 3.03. The number of benzene rings is 1. The molecule has 1 N–H and O–H groups in total. The molecule has 0 radical (unpaired) electrons. The molecule has 0 amide bonds. The third-order valence-corrected chi connectivity index (χ3v) is 4.17. The van der Waals surface area contributed by atoms with Crippen LogP contribution in [0.1, 0.15) is 33.9 Å². The number of pyridine rings is 1. The van der Waals surface area contributed by atoms with E-state index in [0.717, 1.165) is 24.3 Å². The van der Waals surface area contributed by atoms with Crippen LogP contribution in [0.3, 0.4) is 0 Å². The molecule has 23 heavy (non-hydrogen) atoms. The van der Waals surface area contributed by atoms with Gasteiger partial charge in [0.05, 0.1) is 17.8 Å². The van der Waals surface area contributed by atoms with E-state index in [1.807, 2.05) is 47.1 Å². The first kappa shape index (κ1) is 13.7. The molecule has 0 spiro atoms. The number of nitrogens with zero attached hydrogens (tertiary/aromatic N) is 3. The zero-order chi connectivity index (χ0) is 15.6. The lowest BCUT2D eigenvalue weighted by Crippen LogP contribution is -2.25. The summed E-state index contributed by atoms with van der Waals surface area (Å²) in [7, 11) is 0. The molecular weight excluding hydrogens is 288 g/mol. The number of fused-ring (bicyclic) bond motifs is 1. The lowest BCUT2D eigenvalue weighted by Gasteiger charge is -2.26. The molecule has 2 aromatic heterocycles. The Morgan fingerprint density at radius 3 is 2.70 bits per heavy atom. The Kier molecular flexibility index (Phi) is 3.38. The Balaban J connectivity index is 1.74. The third kappa shape index (κ3) is 2.40. The maximum atomic E-state index is 12.7. The highest BCUT2D eigenvalue weighted by molar-refractivity contribution is 6.11. The average Bonchev–Trinajstić information content (AvgIpc) is 3.06. The van der Waals surface area contributed by atoms with Gasteiger partial charge in [0.2, 0.25) is 0 Å². The molecule has 1 unspecified atom stereocenters. The van der Waals surface area contributed by atoms with Crippen molar-refractivity contribution in [1.29, 1.82) is 0 Å². The summed E-state index contributed by atoms with van der Waals surface area (Å²) in [5, 5.41) is 7.80. The van der Waals surface area contributed by atoms with E-state index in [0.29, 0.717) is 11.1 Å². The minimum Gasteiger partial charge on any atom is -0.370 e. The molecule has 0 fully saturated rings. The summed E-state index contributed by atoms with van der Waals surface area (Å²) in [5.41, 5.74) is 2.45. The summed E-state index contributed by atoms with van der Waals surface area (Å²) in [5.74, 6) is 0.793. The Morgan fingerprint density at radius 2 is 1.91 bits per heavy atom. The van der Waals surface area contributed by atoms with Crippen LogP contribution in [-0.2, 0) is 0 Å². The topological polar surface area (TPSA) is 59.8 Å². The zero-order valence-corrected chi connectivity index (χ0v) is 12.5. The Labute approximate surface area is 134 Å². The quantitative estimate of drug-likeness (QED) is 0.756. The summed E-state index contributed by atoms with van der Waals surface area (Å²) < 4.78 is 1.91. The lowest BCUT2D eigenvalue weighted by molar-refractivity contribution is 0.103. The highest BCUT2D eigenvalue weighted by Gasteiger charge is 2.27. The van der Waals surface area contributed by atoms with E-state index in [1.54, 1.807) is 18.6 Å². The third-order valence-electron chi connectivity index (χ3n) is 4.17. The molecule has 1 aromatic carbocycles. The molecule has 0 aliphatic carbocycles. The second kappa shape index (κ2) is 5.68. The smallest absolute Gasteiger partial charge is 0.198 e. The van der Waals surface area contributed by atoms with E-state index in [9.17, 15) is 4.79 Å². The monoisotopic (exact) mass is 304 g/mol. The maximum absolute atomic E-state index is 12.7. The van der Waals surface area contributed by atoms with Crippen molar-refractivity contribution in [3.8, 4) is 0 Å². The van der Waals surface area contributed by atoms with Gasteiger partial charge in [-0.25, -0.2) is 4.68 Å². The van der Waals surface area contributed by atoms with E-state index in [-0.39, 0.29) is 11.8 Å². The van der Waals surface area contributed by atoms with Crippen LogP contribution >= 0.6 is 0 Å². The van der Waals surface area contributed by atoms with E-state index < -0.39 is 0 Å². The molecule has 5 nitrogen and oxygen atoms in total. The maximum Gasteiger partial charge on any atom is 0.198 e. The van der Waals surface area contributed by atoms with Gasteiger partial charge in [-0.1, -0.05) is 30.3 Å². The van der Waals surface area contributed by atoms with Crippen molar-refractivity contribution < 1.29 is 4.79 Å². The highest BCUT2D eigenvalue weighted by atomic mass is 16.1. The van der Waals surface area contributed by atoms with Gasteiger partial charge in [-0.3, -0.25) is 9.78 Å². The van der Waals surface area contributed by atoms with Gasteiger partial charge in [0.1, 0.15) is 5.82 Å². The van der Waals surface area contributed by atoms with E-state index >= 15 is 0 Å². The number of anilines is 1. The number of carbonyl (C=O) groups excluding carboxylic acids is 1. The first-order chi connectivity index (χ1) is 11.3. The molecule has 3 aromatic rings. The van der Waals surface area contributed by atoms with Crippen molar-refractivity contribution in [2.45, 2.75) is 12.5 Å². The first-order valence-electron chi connectivity index (χ1n) is 7.65. The van der Waals surface area contributed by atoms with Crippen LogP contribution in [0.5, 0.6) is 0 Å². The van der Waals surface area contributed by atoms with Crippen molar-refractivity contribution in [2.75, 3.05) is 11.9 Å². The van der Waals surface area contributed by atoms with Gasteiger partial charge in [-0.15, -0.1) is 0 Å². The number of ketones is 1. The summed E-state index contributed by atoms with van der Waals surface area (Å²) >= 11 is 0.